The number of nitro groups is 1. The van der Waals surface area contributed by atoms with Gasteiger partial charge in [0.25, 0.3) is 11.6 Å². The molecule has 2 aromatic carbocycles. The molecular weight excluding hydrogens is 312 g/mol. The van der Waals surface area contributed by atoms with E-state index in [0.717, 1.165) is 0 Å². The molecule has 7 nitrogen and oxygen atoms in total. The minimum absolute atomic E-state index is 0.0652. The van der Waals surface area contributed by atoms with Crippen LogP contribution in [-0.4, -0.2) is 29.4 Å². The van der Waals surface area contributed by atoms with Crippen molar-refractivity contribution in [1.82, 2.24) is 0 Å². The van der Waals surface area contributed by atoms with Crippen molar-refractivity contribution in [2.75, 3.05) is 11.5 Å². The van der Waals surface area contributed by atoms with Gasteiger partial charge < -0.3 is 9.64 Å². The van der Waals surface area contributed by atoms with Crippen LogP contribution in [0.2, 0.25) is 0 Å². The van der Waals surface area contributed by atoms with E-state index >= 15 is 0 Å². The van der Waals surface area contributed by atoms with E-state index in [9.17, 15) is 19.7 Å². The highest BCUT2D eigenvalue weighted by molar-refractivity contribution is 6.07. The van der Waals surface area contributed by atoms with Gasteiger partial charge in [0.05, 0.1) is 17.4 Å². The van der Waals surface area contributed by atoms with Crippen LogP contribution >= 0.6 is 0 Å². The highest BCUT2D eigenvalue weighted by Gasteiger charge is 2.34. The lowest BCUT2D eigenvalue weighted by atomic mass is 10.1. The Labute approximate surface area is 137 Å². The standard InChI is InChI=1S/C17H14N2O5/c20-16-10-15(11-24-16)18(17(21)12-4-2-1-3-5-12)13-6-8-14(9-7-13)19(22)23/h1-9,15H,10-11H2. The topological polar surface area (TPSA) is 89.8 Å². The summed E-state index contributed by atoms with van der Waals surface area (Å²) < 4.78 is 4.97. The van der Waals surface area contributed by atoms with Crippen molar-refractivity contribution in [3.63, 3.8) is 0 Å². The Morgan fingerprint density at radius 2 is 1.79 bits per heavy atom. The summed E-state index contributed by atoms with van der Waals surface area (Å²) in [4.78, 5) is 36.1. The van der Waals surface area contributed by atoms with Crippen molar-refractivity contribution < 1.29 is 19.2 Å². The molecule has 0 spiro atoms. The van der Waals surface area contributed by atoms with E-state index in [-0.39, 0.29) is 30.6 Å². The summed E-state index contributed by atoms with van der Waals surface area (Å²) in [5.74, 6) is -0.652. The van der Waals surface area contributed by atoms with Crippen molar-refractivity contribution >= 4 is 23.3 Å². The zero-order valence-electron chi connectivity index (χ0n) is 12.6. The van der Waals surface area contributed by atoms with Gasteiger partial charge in [-0.1, -0.05) is 18.2 Å². The Kier molecular flexibility index (Phi) is 4.24. The SMILES string of the molecule is O=C1CC(N(C(=O)c2ccccc2)c2ccc([N+](=O)[O-])cc2)CO1. The van der Waals surface area contributed by atoms with Crippen LogP contribution in [0.15, 0.2) is 54.6 Å². The number of cyclic esters (lactones) is 1. The number of rotatable bonds is 4. The number of benzene rings is 2. The van der Waals surface area contributed by atoms with Gasteiger partial charge in [-0.2, -0.15) is 0 Å². The predicted molar refractivity (Wildman–Crippen MR) is 85.7 cm³/mol. The number of carbonyl (C=O) groups is 2. The quantitative estimate of drug-likeness (QED) is 0.489. The van der Waals surface area contributed by atoms with Gasteiger partial charge in [0.1, 0.15) is 6.61 Å². The second-order valence-corrected chi connectivity index (χ2v) is 5.36. The molecule has 1 aliphatic heterocycles. The molecule has 0 radical (unpaired) electrons. The van der Waals surface area contributed by atoms with E-state index in [1.807, 2.05) is 0 Å². The minimum atomic E-state index is -0.505. The minimum Gasteiger partial charge on any atom is -0.463 e. The maximum Gasteiger partial charge on any atom is 0.308 e. The third-order valence-corrected chi connectivity index (χ3v) is 3.78. The Balaban J connectivity index is 1.97. The van der Waals surface area contributed by atoms with Gasteiger partial charge >= 0.3 is 5.97 Å². The average molecular weight is 326 g/mol. The summed E-state index contributed by atoms with van der Waals surface area (Å²) in [5.41, 5.74) is 0.887. The van der Waals surface area contributed by atoms with E-state index in [1.165, 1.54) is 29.2 Å². The molecule has 1 amide bonds. The fourth-order valence-corrected chi connectivity index (χ4v) is 2.61. The van der Waals surface area contributed by atoms with Gasteiger partial charge in [0.2, 0.25) is 0 Å². The Morgan fingerprint density at radius 3 is 2.33 bits per heavy atom. The van der Waals surface area contributed by atoms with Gasteiger partial charge in [-0.15, -0.1) is 0 Å². The number of hydrogen-bond donors (Lipinski definition) is 0. The lowest BCUT2D eigenvalue weighted by molar-refractivity contribution is -0.384. The van der Waals surface area contributed by atoms with Crippen LogP contribution in [0.5, 0.6) is 0 Å². The van der Waals surface area contributed by atoms with Gasteiger partial charge in [-0.25, -0.2) is 0 Å². The van der Waals surface area contributed by atoms with Crippen molar-refractivity contribution in [2.45, 2.75) is 12.5 Å². The molecule has 24 heavy (non-hydrogen) atoms. The molecule has 0 bridgehead atoms. The fraction of sp³-hybridized carbons (Fsp3) is 0.176. The Hall–Kier alpha value is -3.22. The van der Waals surface area contributed by atoms with Crippen LogP contribution in [0.4, 0.5) is 11.4 Å². The second-order valence-electron chi connectivity index (χ2n) is 5.36. The van der Waals surface area contributed by atoms with E-state index in [1.54, 1.807) is 30.3 Å². The summed E-state index contributed by atoms with van der Waals surface area (Å²) in [6.07, 6.45) is 0.0928. The first-order valence-corrected chi connectivity index (χ1v) is 7.35. The van der Waals surface area contributed by atoms with E-state index in [4.69, 9.17) is 4.74 Å². The van der Waals surface area contributed by atoms with Crippen molar-refractivity contribution in [3.8, 4) is 0 Å². The summed E-state index contributed by atoms with van der Waals surface area (Å²) >= 11 is 0. The first kappa shape index (κ1) is 15.7. The third kappa shape index (κ3) is 3.10. The van der Waals surface area contributed by atoms with Gasteiger partial charge in [-0.05, 0) is 24.3 Å². The highest BCUT2D eigenvalue weighted by atomic mass is 16.6. The molecule has 1 fully saturated rings. The maximum atomic E-state index is 12.9. The molecule has 1 atom stereocenters. The van der Waals surface area contributed by atoms with Crippen LogP contribution in [0.3, 0.4) is 0 Å². The van der Waals surface area contributed by atoms with Crippen molar-refractivity contribution in [2.24, 2.45) is 0 Å². The molecule has 0 aliphatic carbocycles. The third-order valence-electron chi connectivity index (χ3n) is 3.78. The largest absolute Gasteiger partial charge is 0.463 e. The van der Waals surface area contributed by atoms with Crippen LogP contribution in [0, 0.1) is 10.1 Å². The molecule has 2 aromatic rings. The molecule has 0 N–H and O–H groups in total. The lowest BCUT2D eigenvalue weighted by Gasteiger charge is -2.27. The number of non-ortho nitro benzene ring substituents is 1. The molecule has 0 aromatic heterocycles. The van der Waals surface area contributed by atoms with E-state index < -0.39 is 11.0 Å². The fourth-order valence-electron chi connectivity index (χ4n) is 2.61. The second kappa shape index (κ2) is 6.49. The smallest absolute Gasteiger partial charge is 0.308 e. The van der Waals surface area contributed by atoms with Crippen LogP contribution in [0.1, 0.15) is 16.8 Å². The first-order valence-electron chi connectivity index (χ1n) is 7.35. The molecular formula is C17H14N2O5. The maximum absolute atomic E-state index is 12.9. The van der Waals surface area contributed by atoms with Gasteiger partial charge in [0, 0.05) is 23.4 Å². The number of nitrogens with zero attached hydrogens (tertiary/aromatic N) is 2. The summed E-state index contributed by atoms with van der Waals surface area (Å²) in [7, 11) is 0. The zero-order valence-corrected chi connectivity index (χ0v) is 12.6. The first-order chi connectivity index (χ1) is 11.6. The summed E-state index contributed by atoms with van der Waals surface area (Å²) in [6.45, 7) is 0.106. The van der Waals surface area contributed by atoms with Crippen molar-refractivity contribution in [3.05, 3.63) is 70.3 Å². The van der Waals surface area contributed by atoms with Crippen LogP contribution < -0.4 is 4.90 Å². The number of amides is 1. The van der Waals surface area contributed by atoms with E-state index in [2.05, 4.69) is 0 Å². The molecule has 1 heterocycles. The predicted octanol–water partition coefficient (Wildman–Crippen LogP) is 2.56. The van der Waals surface area contributed by atoms with Crippen molar-refractivity contribution in [1.29, 1.82) is 0 Å². The number of ether oxygens (including phenoxy) is 1. The monoisotopic (exact) mass is 326 g/mol. The molecule has 1 saturated heterocycles. The molecule has 0 saturated carbocycles. The molecule has 3 rings (SSSR count). The molecule has 1 unspecified atom stereocenters. The molecule has 122 valence electrons. The highest BCUT2D eigenvalue weighted by Crippen LogP contribution is 2.26. The molecule has 1 aliphatic rings. The number of anilines is 1. The molecule has 7 heteroatoms. The Bertz CT molecular complexity index is 773. The van der Waals surface area contributed by atoms with Crippen LogP contribution in [-0.2, 0) is 9.53 Å². The van der Waals surface area contributed by atoms with Gasteiger partial charge in [0.15, 0.2) is 0 Å². The lowest BCUT2D eigenvalue weighted by Crippen LogP contribution is -2.41. The Morgan fingerprint density at radius 1 is 1.12 bits per heavy atom. The van der Waals surface area contributed by atoms with Crippen LogP contribution in [0.25, 0.3) is 0 Å². The normalized spacial score (nSPS) is 16.5. The number of nitro benzene ring substituents is 1. The summed E-state index contributed by atoms with van der Waals surface area (Å²) in [5, 5.41) is 10.8. The average Bonchev–Trinajstić information content (AvgIpc) is 3.02. The van der Waals surface area contributed by atoms with Gasteiger partial charge in [-0.3, -0.25) is 19.7 Å². The number of esters is 1. The van der Waals surface area contributed by atoms with E-state index in [0.29, 0.717) is 11.3 Å². The zero-order chi connectivity index (χ0) is 17.1. The number of hydrogen-bond acceptors (Lipinski definition) is 5. The number of carbonyl (C=O) groups excluding carboxylic acids is 2. The summed E-state index contributed by atoms with van der Waals surface area (Å²) in [6, 6.07) is 13.9.